The molecular weight excluding hydrogens is 344 g/mol. The van der Waals surface area contributed by atoms with Crippen LogP contribution in [0.25, 0.3) is 0 Å². The van der Waals surface area contributed by atoms with E-state index in [0.29, 0.717) is 16.5 Å². The van der Waals surface area contributed by atoms with Crippen LogP contribution in [0.4, 0.5) is 5.69 Å². The maximum Gasteiger partial charge on any atom is 0.236 e. The Morgan fingerprint density at radius 3 is 2.50 bits per heavy atom. The molecule has 2 rings (SSSR count). The van der Waals surface area contributed by atoms with Gasteiger partial charge in [-0.1, -0.05) is 41.9 Å². The lowest BCUT2D eigenvalue weighted by Crippen LogP contribution is -2.35. The van der Waals surface area contributed by atoms with Gasteiger partial charge < -0.3 is 10.6 Å². The van der Waals surface area contributed by atoms with Crippen LogP contribution in [0, 0.1) is 0 Å². The lowest BCUT2D eigenvalue weighted by Gasteiger charge is -2.22. The van der Waals surface area contributed by atoms with Crippen molar-refractivity contribution in [1.82, 2.24) is 0 Å². The molecule has 0 heterocycles. The molecule has 0 saturated heterocycles. The van der Waals surface area contributed by atoms with Crippen molar-refractivity contribution in [3.8, 4) is 0 Å². The highest BCUT2D eigenvalue weighted by Crippen LogP contribution is 2.19. The summed E-state index contributed by atoms with van der Waals surface area (Å²) in [6.45, 7) is 0.288. The van der Waals surface area contributed by atoms with Crippen LogP contribution in [0.1, 0.15) is 12.0 Å². The monoisotopic (exact) mass is 362 g/mol. The fourth-order valence-corrected chi connectivity index (χ4v) is 3.25. The van der Waals surface area contributed by atoms with E-state index in [1.54, 1.807) is 4.90 Å². The SMILES string of the molecule is NC(=O)CCN(C(=O)CSCc1cccc(Cl)c1)c1ccccc1. The Kier molecular flexibility index (Phi) is 7.15. The number of amides is 2. The second-order valence-electron chi connectivity index (χ2n) is 5.22. The lowest BCUT2D eigenvalue weighted by molar-refractivity contribution is -0.118. The van der Waals surface area contributed by atoms with Crippen molar-refractivity contribution >= 4 is 40.9 Å². The first-order chi connectivity index (χ1) is 11.6. The van der Waals surface area contributed by atoms with Gasteiger partial charge in [0.15, 0.2) is 0 Å². The van der Waals surface area contributed by atoms with E-state index in [4.69, 9.17) is 17.3 Å². The molecule has 2 N–H and O–H groups in total. The second-order valence-corrected chi connectivity index (χ2v) is 6.64. The summed E-state index contributed by atoms with van der Waals surface area (Å²) in [5.41, 5.74) is 7.06. The zero-order chi connectivity index (χ0) is 17.4. The van der Waals surface area contributed by atoms with Crippen LogP contribution in [0.5, 0.6) is 0 Å². The number of halogens is 1. The first kappa shape index (κ1) is 18.4. The minimum absolute atomic E-state index is 0.0468. The molecule has 2 aromatic rings. The molecule has 0 unspecified atom stereocenters. The molecule has 0 fully saturated rings. The molecule has 0 spiro atoms. The normalized spacial score (nSPS) is 10.4. The van der Waals surface area contributed by atoms with Crippen molar-refractivity contribution < 1.29 is 9.59 Å². The zero-order valence-corrected chi connectivity index (χ0v) is 14.7. The topological polar surface area (TPSA) is 63.4 Å². The molecule has 24 heavy (non-hydrogen) atoms. The van der Waals surface area contributed by atoms with Gasteiger partial charge in [-0.25, -0.2) is 0 Å². The third-order valence-electron chi connectivity index (χ3n) is 3.33. The standard InChI is InChI=1S/C18H19ClN2O2S/c19-15-6-4-5-14(11-15)12-24-13-18(23)21(10-9-17(20)22)16-7-2-1-3-8-16/h1-8,11H,9-10,12-13H2,(H2,20,22). The quantitative estimate of drug-likeness (QED) is 0.781. The van der Waals surface area contributed by atoms with Gasteiger partial charge in [0.1, 0.15) is 0 Å². The predicted octanol–water partition coefficient (Wildman–Crippen LogP) is 3.48. The Hall–Kier alpha value is -1.98. The zero-order valence-electron chi connectivity index (χ0n) is 13.2. The Morgan fingerprint density at radius 2 is 1.83 bits per heavy atom. The molecule has 0 aliphatic heterocycles. The number of nitrogens with zero attached hydrogens (tertiary/aromatic N) is 1. The number of rotatable bonds is 8. The van der Waals surface area contributed by atoms with Crippen molar-refractivity contribution in [2.24, 2.45) is 5.73 Å². The Balaban J connectivity index is 1.95. The average molecular weight is 363 g/mol. The van der Waals surface area contributed by atoms with Crippen LogP contribution in [0.15, 0.2) is 54.6 Å². The second kappa shape index (κ2) is 9.35. The number of carbonyl (C=O) groups excluding carboxylic acids is 2. The van der Waals surface area contributed by atoms with Crippen molar-refractivity contribution in [3.05, 3.63) is 65.2 Å². The largest absolute Gasteiger partial charge is 0.370 e. The number of para-hydroxylation sites is 1. The van der Waals surface area contributed by atoms with Crippen LogP contribution in [-0.2, 0) is 15.3 Å². The summed E-state index contributed by atoms with van der Waals surface area (Å²) in [4.78, 5) is 25.2. The van der Waals surface area contributed by atoms with Crippen LogP contribution in [0.3, 0.4) is 0 Å². The molecular formula is C18H19ClN2O2S. The third kappa shape index (κ3) is 5.91. The third-order valence-corrected chi connectivity index (χ3v) is 4.56. The van der Waals surface area contributed by atoms with Crippen LogP contribution in [-0.4, -0.2) is 24.1 Å². The van der Waals surface area contributed by atoms with Crippen molar-refractivity contribution in [3.63, 3.8) is 0 Å². The number of thioether (sulfide) groups is 1. The van der Waals surface area contributed by atoms with E-state index in [2.05, 4.69) is 0 Å². The molecule has 0 radical (unpaired) electrons. The highest BCUT2D eigenvalue weighted by atomic mass is 35.5. The molecule has 0 saturated carbocycles. The van der Waals surface area contributed by atoms with E-state index in [1.807, 2.05) is 54.6 Å². The number of nitrogens with two attached hydrogens (primary N) is 1. The molecule has 2 amide bonds. The number of carbonyl (C=O) groups is 2. The van der Waals surface area contributed by atoms with Gasteiger partial charge in [-0.2, -0.15) is 0 Å². The summed E-state index contributed by atoms with van der Waals surface area (Å²) in [6.07, 6.45) is 0.138. The van der Waals surface area contributed by atoms with Crippen LogP contribution < -0.4 is 10.6 Å². The average Bonchev–Trinajstić information content (AvgIpc) is 2.56. The molecule has 6 heteroatoms. The molecule has 0 aliphatic carbocycles. The van der Waals surface area contributed by atoms with E-state index in [9.17, 15) is 9.59 Å². The summed E-state index contributed by atoms with van der Waals surface area (Å²) < 4.78 is 0. The first-order valence-electron chi connectivity index (χ1n) is 7.52. The number of anilines is 1. The molecule has 0 atom stereocenters. The van der Waals surface area contributed by atoms with Crippen LogP contribution >= 0.6 is 23.4 Å². The number of primary amides is 1. The molecule has 4 nitrogen and oxygen atoms in total. The highest BCUT2D eigenvalue weighted by Gasteiger charge is 2.16. The maximum atomic E-state index is 12.5. The number of hydrogen-bond acceptors (Lipinski definition) is 3. The van der Waals surface area contributed by atoms with Gasteiger partial charge in [-0.05, 0) is 29.8 Å². The number of benzene rings is 2. The Bertz CT molecular complexity index is 694. The molecule has 0 aliphatic rings. The highest BCUT2D eigenvalue weighted by molar-refractivity contribution is 7.99. The smallest absolute Gasteiger partial charge is 0.236 e. The minimum atomic E-state index is -0.421. The molecule has 0 bridgehead atoms. The summed E-state index contributed by atoms with van der Waals surface area (Å²) in [7, 11) is 0. The first-order valence-corrected chi connectivity index (χ1v) is 9.05. The lowest BCUT2D eigenvalue weighted by atomic mass is 10.2. The fraction of sp³-hybridized carbons (Fsp3) is 0.222. The van der Waals surface area contributed by atoms with Gasteiger partial charge in [0.2, 0.25) is 11.8 Å². The van der Waals surface area contributed by atoms with Crippen LogP contribution in [0.2, 0.25) is 5.02 Å². The van der Waals surface area contributed by atoms with Crippen molar-refractivity contribution in [2.45, 2.75) is 12.2 Å². The Labute approximate surface area is 151 Å². The molecule has 2 aromatic carbocycles. The van der Waals surface area contributed by atoms with Gasteiger partial charge in [0, 0.05) is 29.4 Å². The van der Waals surface area contributed by atoms with Crippen molar-refractivity contribution in [2.75, 3.05) is 17.2 Å². The van der Waals surface area contributed by atoms with E-state index in [0.717, 1.165) is 11.3 Å². The molecule has 0 aromatic heterocycles. The Morgan fingerprint density at radius 1 is 1.08 bits per heavy atom. The molecule has 126 valence electrons. The van der Waals surface area contributed by atoms with Gasteiger partial charge in [0.25, 0.3) is 0 Å². The van der Waals surface area contributed by atoms with Gasteiger partial charge in [-0.3, -0.25) is 9.59 Å². The van der Waals surface area contributed by atoms with E-state index < -0.39 is 5.91 Å². The van der Waals surface area contributed by atoms with Gasteiger partial charge >= 0.3 is 0 Å². The van der Waals surface area contributed by atoms with Gasteiger partial charge in [0.05, 0.1) is 5.75 Å². The minimum Gasteiger partial charge on any atom is -0.370 e. The van der Waals surface area contributed by atoms with E-state index in [1.165, 1.54) is 11.8 Å². The number of hydrogen-bond donors (Lipinski definition) is 1. The van der Waals surface area contributed by atoms with E-state index in [-0.39, 0.29) is 18.9 Å². The summed E-state index contributed by atoms with van der Waals surface area (Å²) >= 11 is 7.47. The predicted molar refractivity (Wildman–Crippen MR) is 100 cm³/mol. The maximum absolute atomic E-state index is 12.5. The summed E-state index contributed by atoms with van der Waals surface area (Å²) in [5, 5.41) is 0.687. The van der Waals surface area contributed by atoms with Gasteiger partial charge in [-0.15, -0.1) is 11.8 Å². The fourth-order valence-electron chi connectivity index (χ4n) is 2.19. The van der Waals surface area contributed by atoms with Crippen molar-refractivity contribution in [1.29, 1.82) is 0 Å². The summed E-state index contributed by atoms with van der Waals surface area (Å²) in [5.74, 6) is 0.551. The summed E-state index contributed by atoms with van der Waals surface area (Å²) in [6, 6.07) is 16.9. The van der Waals surface area contributed by atoms with E-state index >= 15 is 0 Å².